The van der Waals surface area contributed by atoms with E-state index < -0.39 is 0 Å². The number of carbonyl (C=O) groups is 1. The first-order valence-electron chi connectivity index (χ1n) is 11.1. The minimum absolute atomic E-state index is 0.0536. The molecule has 1 aliphatic carbocycles. The molecule has 1 saturated heterocycles. The van der Waals surface area contributed by atoms with E-state index in [1.807, 2.05) is 16.4 Å². The van der Waals surface area contributed by atoms with Crippen LogP contribution in [0.15, 0.2) is 28.2 Å². The molecule has 0 saturated carbocycles. The molecule has 0 radical (unpaired) electrons. The average Bonchev–Trinajstić information content (AvgIpc) is 3.33. The van der Waals surface area contributed by atoms with Crippen LogP contribution in [0.3, 0.4) is 0 Å². The summed E-state index contributed by atoms with van der Waals surface area (Å²) >= 11 is 3.28. The molecular weight excluding hydrogens is 426 g/mol. The molecule has 1 amide bonds. The van der Waals surface area contributed by atoms with E-state index in [2.05, 4.69) is 25.1 Å². The highest BCUT2D eigenvalue weighted by molar-refractivity contribution is 7.99. The van der Waals surface area contributed by atoms with Gasteiger partial charge in [-0.15, -0.1) is 11.3 Å². The van der Waals surface area contributed by atoms with Crippen molar-refractivity contribution in [3.63, 3.8) is 0 Å². The second-order valence-corrected chi connectivity index (χ2v) is 10.7. The van der Waals surface area contributed by atoms with E-state index >= 15 is 0 Å². The molecule has 7 heteroatoms. The van der Waals surface area contributed by atoms with Gasteiger partial charge < -0.3 is 4.90 Å². The van der Waals surface area contributed by atoms with Crippen LogP contribution in [0.4, 0.5) is 0 Å². The van der Waals surface area contributed by atoms with Gasteiger partial charge in [-0.3, -0.25) is 14.2 Å². The molecule has 2 aromatic heterocycles. The van der Waals surface area contributed by atoms with Crippen LogP contribution in [0, 0.1) is 13.8 Å². The number of thiophene rings is 1. The highest BCUT2D eigenvalue weighted by atomic mass is 32.2. The molecule has 1 aliphatic heterocycles. The number of aromatic nitrogens is 2. The number of benzene rings is 1. The van der Waals surface area contributed by atoms with Crippen molar-refractivity contribution in [2.75, 3.05) is 18.8 Å². The summed E-state index contributed by atoms with van der Waals surface area (Å²) in [6.45, 7) is 5.64. The van der Waals surface area contributed by atoms with E-state index in [4.69, 9.17) is 4.98 Å². The largest absolute Gasteiger partial charge is 0.342 e. The Morgan fingerprint density at radius 2 is 1.94 bits per heavy atom. The van der Waals surface area contributed by atoms with Gasteiger partial charge in [-0.2, -0.15) is 0 Å². The Balaban J connectivity index is 1.61. The number of likely N-dealkylation sites (tertiary alicyclic amines) is 1. The van der Waals surface area contributed by atoms with Crippen molar-refractivity contribution >= 4 is 39.2 Å². The maximum atomic E-state index is 13.9. The molecule has 5 nitrogen and oxygen atoms in total. The fraction of sp³-hybridized carbons (Fsp3) is 0.458. The van der Waals surface area contributed by atoms with Gasteiger partial charge in [0.25, 0.3) is 5.56 Å². The van der Waals surface area contributed by atoms with Gasteiger partial charge in [-0.05, 0) is 68.7 Å². The molecule has 3 heterocycles. The third kappa shape index (κ3) is 3.82. The zero-order chi connectivity index (χ0) is 21.5. The van der Waals surface area contributed by atoms with E-state index in [1.165, 1.54) is 16.9 Å². The standard InChI is InChI=1S/C24H27N3O2S2/c1-15-9-10-16(2)18(14-15)27-23(29)21-17-6-3-4-7-19(17)31-22(21)25-24(27)30-13-12-26-11-5-8-20(26)28/h9-10,14H,3-8,11-13H2,1-2H3. The Morgan fingerprint density at radius 1 is 1.10 bits per heavy atom. The quantitative estimate of drug-likeness (QED) is 0.417. The van der Waals surface area contributed by atoms with Crippen molar-refractivity contribution in [2.24, 2.45) is 0 Å². The second kappa shape index (κ2) is 8.43. The minimum Gasteiger partial charge on any atom is -0.342 e. The monoisotopic (exact) mass is 453 g/mol. The zero-order valence-corrected chi connectivity index (χ0v) is 19.7. The summed E-state index contributed by atoms with van der Waals surface area (Å²) in [7, 11) is 0. The van der Waals surface area contributed by atoms with E-state index in [-0.39, 0.29) is 11.5 Å². The van der Waals surface area contributed by atoms with E-state index in [1.54, 1.807) is 23.1 Å². The van der Waals surface area contributed by atoms with Crippen molar-refractivity contribution in [1.29, 1.82) is 0 Å². The lowest BCUT2D eigenvalue weighted by Crippen LogP contribution is -2.27. The summed E-state index contributed by atoms with van der Waals surface area (Å²) in [5.74, 6) is 0.974. The number of aryl methyl sites for hydroxylation is 4. The van der Waals surface area contributed by atoms with E-state index in [9.17, 15) is 9.59 Å². The molecule has 0 spiro atoms. The highest BCUT2D eigenvalue weighted by Gasteiger charge is 2.24. The predicted molar refractivity (Wildman–Crippen MR) is 128 cm³/mol. The Labute approximate surface area is 190 Å². The van der Waals surface area contributed by atoms with Gasteiger partial charge in [0, 0.05) is 30.1 Å². The number of nitrogens with zero attached hydrogens (tertiary/aromatic N) is 3. The number of amides is 1. The van der Waals surface area contributed by atoms with Crippen LogP contribution in [0.25, 0.3) is 15.9 Å². The number of fused-ring (bicyclic) bond motifs is 3. The number of thioether (sulfide) groups is 1. The van der Waals surface area contributed by atoms with E-state index in [0.717, 1.165) is 70.2 Å². The number of hydrogen-bond acceptors (Lipinski definition) is 5. The lowest BCUT2D eigenvalue weighted by Gasteiger charge is -2.18. The van der Waals surface area contributed by atoms with Crippen LogP contribution in [-0.4, -0.2) is 39.2 Å². The maximum Gasteiger partial charge on any atom is 0.267 e. The van der Waals surface area contributed by atoms with Gasteiger partial charge in [-0.1, -0.05) is 23.9 Å². The molecule has 5 rings (SSSR count). The first-order valence-corrected chi connectivity index (χ1v) is 12.9. The maximum absolute atomic E-state index is 13.9. The van der Waals surface area contributed by atoms with Gasteiger partial charge in [0.05, 0.1) is 11.1 Å². The normalized spacial score (nSPS) is 16.3. The van der Waals surface area contributed by atoms with Crippen LogP contribution in [0.2, 0.25) is 0 Å². The van der Waals surface area contributed by atoms with Crippen molar-refractivity contribution in [3.05, 3.63) is 50.1 Å². The topological polar surface area (TPSA) is 55.2 Å². The third-order valence-corrected chi connectivity index (χ3v) is 8.43. The molecule has 3 aromatic rings. The molecule has 0 bridgehead atoms. The Morgan fingerprint density at radius 3 is 2.74 bits per heavy atom. The van der Waals surface area contributed by atoms with Crippen LogP contribution >= 0.6 is 23.1 Å². The zero-order valence-electron chi connectivity index (χ0n) is 18.1. The van der Waals surface area contributed by atoms with Gasteiger partial charge in [0.2, 0.25) is 5.91 Å². The summed E-state index contributed by atoms with van der Waals surface area (Å²) in [6, 6.07) is 6.23. The molecule has 0 N–H and O–H groups in total. The average molecular weight is 454 g/mol. The Hall–Kier alpha value is -2.12. The fourth-order valence-corrected chi connectivity index (χ4v) is 6.91. The second-order valence-electron chi connectivity index (χ2n) is 8.55. The van der Waals surface area contributed by atoms with E-state index in [0.29, 0.717) is 13.0 Å². The lowest BCUT2D eigenvalue weighted by molar-refractivity contribution is -0.127. The first-order chi connectivity index (χ1) is 15.0. The number of carbonyl (C=O) groups excluding carboxylic acids is 1. The van der Waals surface area contributed by atoms with Crippen molar-refractivity contribution in [1.82, 2.24) is 14.5 Å². The predicted octanol–water partition coefficient (Wildman–Crippen LogP) is 4.66. The summed E-state index contributed by atoms with van der Waals surface area (Å²) < 4.78 is 1.82. The van der Waals surface area contributed by atoms with Gasteiger partial charge >= 0.3 is 0 Å². The van der Waals surface area contributed by atoms with Crippen molar-refractivity contribution in [3.8, 4) is 5.69 Å². The minimum atomic E-state index is 0.0536. The number of rotatable bonds is 5. The summed E-state index contributed by atoms with van der Waals surface area (Å²) in [6.07, 6.45) is 5.96. The van der Waals surface area contributed by atoms with Gasteiger partial charge in [-0.25, -0.2) is 4.98 Å². The SMILES string of the molecule is Cc1ccc(C)c(-n2c(SCCN3CCCC3=O)nc3sc4c(c3c2=O)CCCC4)c1. The molecule has 0 atom stereocenters. The lowest BCUT2D eigenvalue weighted by atomic mass is 9.97. The Bertz CT molecular complexity index is 1230. The van der Waals surface area contributed by atoms with Crippen molar-refractivity contribution < 1.29 is 4.79 Å². The third-order valence-electron chi connectivity index (χ3n) is 6.33. The molecule has 1 fully saturated rings. The molecular formula is C24H27N3O2S2. The summed E-state index contributed by atoms with van der Waals surface area (Å²) in [5.41, 5.74) is 4.38. The van der Waals surface area contributed by atoms with Crippen LogP contribution in [-0.2, 0) is 17.6 Å². The highest BCUT2D eigenvalue weighted by Crippen LogP contribution is 2.35. The van der Waals surface area contributed by atoms with Gasteiger partial charge in [0.1, 0.15) is 4.83 Å². The molecule has 0 unspecified atom stereocenters. The first kappa shape index (κ1) is 20.8. The van der Waals surface area contributed by atoms with Gasteiger partial charge in [0.15, 0.2) is 5.16 Å². The molecule has 1 aromatic carbocycles. The summed E-state index contributed by atoms with van der Waals surface area (Å²) in [5, 5.41) is 1.55. The fourth-order valence-electron chi connectivity index (χ4n) is 4.64. The van der Waals surface area contributed by atoms with Crippen LogP contribution in [0.1, 0.15) is 47.3 Å². The summed E-state index contributed by atoms with van der Waals surface area (Å²) in [4.78, 5) is 35.0. The molecule has 31 heavy (non-hydrogen) atoms. The molecule has 162 valence electrons. The van der Waals surface area contributed by atoms with Crippen LogP contribution < -0.4 is 5.56 Å². The number of hydrogen-bond donors (Lipinski definition) is 0. The Kier molecular flexibility index (Phi) is 5.65. The van der Waals surface area contributed by atoms with Crippen molar-refractivity contribution in [2.45, 2.75) is 57.5 Å². The molecule has 2 aliphatic rings. The smallest absolute Gasteiger partial charge is 0.267 e. The van der Waals surface area contributed by atoms with Crippen LogP contribution in [0.5, 0.6) is 0 Å².